The minimum absolute atomic E-state index is 0.0819. The number of carbonyl (C=O) groups excluding carboxylic acids is 1. The fourth-order valence-electron chi connectivity index (χ4n) is 2.44. The summed E-state index contributed by atoms with van der Waals surface area (Å²) in [5, 5.41) is 4.28. The Bertz CT molecular complexity index is 745. The number of aromatic nitrogens is 2. The van der Waals surface area contributed by atoms with Gasteiger partial charge < -0.3 is 4.90 Å². The predicted molar refractivity (Wildman–Crippen MR) is 83.4 cm³/mol. The van der Waals surface area contributed by atoms with E-state index in [2.05, 4.69) is 21.0 Å². The van der Waals surface area contributed by atoms with Crippen LogP contribution in [0.4, 0.5) is 19.0 Å². The molecule has 0 amide bonds. The van der Waals surface area contributed by atoms with Gasteiger partial charge in [-0.1, -0.05) is 15.9 Å². The molecule has 1 aliphatic heterocycles. The van der Waals surface area contributed by atoms with Crippen molar-refractivity contribution in [1.29, 1.82) is 0 Å². The average molecular weight is 388 g/mol. The molecule has 1 fully saturated rings. The number of alkyl halides is 3. The normalized spacial score (nSPS) is 19.5. The summed E-state index contributed by atoms with van der Waals surface area (Å²) in [5.74, 6) is -3.06. The Morgan fingerprint density at radius 1 is 1.39 bits per heavy atom. The number of ketones is 1. The van der Waals surface area contributed by atoms with E-state index in [1.54, 1.807) is 0 Å². The molecule has 2 heterocycles. The van der Waals surface area contributed by atoms with Crippen molar-refractivity contribution in [3.63, 3.8) is 0 Å². The fourth-order valence-corrected chi connectivity index (χ4v) is 2.73. The van der Waals surface area contributed by atoms with E-state index in [-0.39, 0.29) is 16.8 Å². The topological polar surface area (TPSA) is 38.1 Å². The molecule has 1 aromatic carbocycles. The van der Waals surface area contributed by atoms with Crippen LogP contribution in [0.25, 0.3) is 5.69 Å². The Kier molecular flexibility index (Phi) is 3.95. The van der Waals surface area contributed by atoms with E-state index in [9.17, 15) is 18.0 Å². The van der Waals surface area contributed by atoms with Crippen LogP contribution in [0.5, 0.6) is 0 Å². The lowest BCUT2D eigenvalue weighted by molar-refractivity contribution is -0.0645. The van der Waals surface area contributed by atoms with Crippen LogP contribution in [-0.4, -0.2) is 39.4 Å². The summed E-state index contributed by atoms with van der Waals surface area (Å²) in [4.78, 5) is 13.3. The quantitative estimate of drug-likeness (QED) is 0.595. The van der Waals surface area contributed by atoms with Crippen LogP contribution in [0.2, 0.25) is 0 Å². The second kappa shape index (κ2) is 5.67. The van der Waals surface area contributed by atoms with Crippen molar-refractivity contribution >= 4 is 27.5 Å². The number of hydrogen-bond donors (Lipinski definition) is 0. The molecule has 23 heavy (non-hydrogen) atoms. The molecule has 3 rings (SSSR count). The van der Waals surface area contributed by atoms with Crippen molar-refractivity contribution in [2.24, 2.45) is 0 Å². The first-order valence-corrected chi connectivity index (χ1v) is 8.05. The van der Waals surface area contributed by atoms with Crippen LogP contribution in [0.1, 0.15) is 17.4 Å². The predicted octanol–water partition coefficient (Wildman–Crippen LogP) is 3.43. The van der Waals surface area contributed by atoms with E-state index in [1.807, 2.05) is 0 Å². The Hall–Kier alpha value is -1.83. The minimum atomic E-state index is -2.78. The number of carbonyl (C=O) groups is 1. The highest BCUT2D eigenvalue weighted by Crippen LogP contribution is 2.39. The van der Waals surface area contributed by atoms with E-state index < -0.39 is 24.3 Å². The standard InChI is InChI=1S/C15H13BrF3N3O/c1-9-15(18,19)8-21(9)14-6-12(13(23)7-16)20-22(14)11-4-2-10(17)3-5-11/h2-6,9H,7-8H2,1H3/t9-/m1/s1. The zero-order valence-corrected chi connectivity index (χ0v) is 13.7. The van der Waals surface area contributed by atoms with Gasteiger partial charge in [-0.25, -0.2) is 17.9 Å². The lowest BCUT2D eigenvalue weighted by Crippen LogP contribution is -2.64. The van der Waals surface area contributed by atoms with Crippen LogP contribution >= 0.6 is 15.9 Å². The molecule has 122 valence electrons. The number of nitrogens with zero attached hydrogens (tertiary/aromatic N) is 3. The zero-order valence-electron chi connectivity index (χ0n) is 12.1. The van der Waals surface area contributed by atoms with Crippen molar-refractivity contribution in [2.45, 2.75) is 18.9 Å². The number of anilines is 1. The highest BCUT2D eigenvalue weighted by molar-refractivity contribution is 9.09. The van der Waals surface area contributed by atoms with Gasteiger partial charge in [-0.2, -0.15) is 5.10 Å². The molecule has 0 radical (unpaired) electrons. The summed E-state index contributed by atoms with van der Waals surface area (Å²) >= 11 is 3.07. The first kappa shape index (κ1) is 16.0. The molecule has 1 aliphatic rings. The highest BCUT2D eigenvalue weighted by atomic mass is 79.9. The maximum Gasteiger partial charge on any atom is 0.284 e. The first-order chi connectivity index (χ1) is 10.8. The fraction of sp³-hybridized carbons (Fsp3) is 0.333. The van der Waals surface area contributed by atoms with Gasteiger partial charge in [0.15, 0.2) is 5.78 Å². The van der Waals surface area contributed by atoms with Crippen molar-refractivity contribution in [2.75, 3.05) is 16.8 Å². The molecule has 2 aromatic rings. The second-order valence-corrected chi connectivity index (χ2v) is 5.96. The molecule has 4 nitrogen and oxygen atoms in total. The molecule has 0 aliphatic carbocycles. The average Bonchev–Trinajstić information content (AvgIpc) is 2.97. The van der Waals surface area contributed by atoms with Gasteiger partial charge in [0.05, 0.1) is 23.6 Å². The van der Waals surface area contributed by atoms with Crippen LogP contribution in [-0.2, 0) is 0 Å². The maximum atomic E-state index is 13.5. The summed E-state index contributed by atoms with van der Waals surface area (Å²) in [6, 6.07) is 5.96. The monoisotopic (exact) mass is 387 g/mol. The van der Waals surface area contributed by atoms with E-state index in [4.69, 9.17) is 0 Å². The summed E-state index contributed by atoms with van der Waals surface area (Å²) in [7, 11) is 0. The van der Waals surface area contributed by atoms with Crippen LogP contribution in [0.15, 0.2) is 30.3 Å². The molecule has 0 unspecified atom stereocenters. The summed E-state index contributed by atoms with van der Waals surface area (Å²) in [6.45, 7) is 0.973. The van der Waals surface area contributed by atoms with Crippen molar-refractivity contribution in [3.8, 4) is 5.69 Å². The Morgan fingerprint density at radius 2 is 2.04 bits per heavy atom. The molecule has 1 atom stereocenters. The third-order valence-corrected chi connectivity index (χ3v) is 4.43. The van der Waals surface area contributed by atoms with Crippen LogP contribution in [0.3, 0.4) is 0 Å². The first-order valence-electron chi connectivity index (χ1n) is 6.93. The molecule has 1 aromatic heterocycles. The molecule has 0 N–H and O–H groups in total. The summed E-state index contributed by atoms with van der Waals surface area (Å²) < 4.78 is 41.5. The van der Waals surface area contributed by atoms with Crippen LogP contribution in [0, 0.1) is 5.82 Å². The smallest absolute Gasteiger partial charge is 0.284 e. The molecule has 0 saturated carbocycles. The van der Waals surface area contributed by atoms with Gasteiger partial charge in [-0.05, 0) is 31.2 Å². The van der Waals surface area contributed by atoms with Gasteiger partial charge in [0.25, 0.3) is 5.92 Å². The van der Waals surface area contributed by atoms with Crippen molar-refractivity contribution in [1.82, 2.24) is 9.78 Å². The zero-order chi connectivity index (χ0) is 16.8. The van der Waals surface area contributed by atoms with Gasteiger partial charge in [-0.15, -0.1) is 0 Å². The van der Waals surface area contributed by atoms with Crippen LogP contribution < -0.4 is 4.90 Å². The number of halogens is 4. The SMILES string of the molecule is C[C@H]1N(c2cc(C(=O)CBr)nn2-c2ccc(F)cc2)CC1(F)F. The number of rotatable bonds is 4. The Labute approximate surface area is 139 Å². The molecule has 0 spiro atoms. The van der Waals surface area contributed by atoms with Gasteiger partial charge >= 0.3 is 0 Å². The van der Waals surface area contributed by atoms with E-state index in [0.29, 0.717) is 11.5 Å². The minimum Gasteiger partial charge on any atom is -0.342 e. The summed E-state index contributed by atoms with van der Waals surface area (Å²) in [6.07, 6.45) is 0. The van der Waals surface area contributed by atoms with E-state index >= 15 is 0 Å². The highest BCUT2D eigenvalue weighted by Gasteiger charge is 2.53. The largest absolute Gasteiger partial charge is 0.342 e. The van der Waals surface area contributed by atoms with E-state index in [1.165, 1.54) is 46.8 Å². The maximum absolute atomic E-state index is 13.5. The lowest BCUT2D eigenvalue weighted by Gasteiger charge is -2.46. The molecular weight excluding hydrogens is 375 g/mol. The van der Waals surface area contributed by atoms with Gasteiger partial charge in [0.1, 0.15) is 17.3 Å². The van der Waals surface area contributed by atoms with Crippen molar-refractivity contribution < 1.29 is 18.0 Å². The number of hydrogen-bond acceptors (Lipinski definition) is 3. The van der Waals surface area contributed by atoms with Crippen molar-refractivity contribution in [3.05, 3.63) is 41.8 Å². The van der Waals surface area contributed by atoms with Gasteiger partial charge in [0, 0.05) is 6.07 Å². The van der Waals surface area contributed by atoms with E-state index in [0.717, 1.165) is 0 Å². The summed E-state index contributed by atoms with van der Waals surface area (Å²) in [5.41, 5.74) is 0.668. The molecule has 1 saturated heterocycles. The number of Topliss-reactive ketones (excluding diaryl/α,β-unsaturated/α-hetero) is 1. The molecule has 8 heteroatoms. The third kappa shape index (κ3) is 2.75. The number of benzene rings is 1. The second-order valence-electron chi connectivity index (χ2n) is 5.40. The van der Waals surface area contributed by atoms with Gasteiger partial charge in [-0.3, -0.25) is 4.79 Å². The Morgan fingerprint density at radius 3 is 2.57 bits per heavy atom. The molecule has 0 bridgehead atoms. The lowest BCUT2D eigenvalue weighted by atomic mass is 10.00. The molecular formula is C15H13BrF3N3O. The van der Waals surface area contributed by atoms with Gasteiger partial charge in [0.2, 0.25) is 0 Å². The Balaban J connectivity index is 2.05. The third-order valence-electron chi connectivity index (χ3n) is 3.92.